The van der Waals surface area contributed by atoms with Crippen molar-refractivity contribution in [1.29, 1.82) is 0 Å². The summed E-state index contributed by atoms with van der Waals surface area (Å²) >= 11 is 0. The second-order valence-corrected chi connectivity index (χ2v) is 13.9. The lowest BCUT2D eigenvalue weighted by Gasteiger charge is -2.17. The van der Waals surface area contributed by atoms with Gasteiger partial charge in [0.1, 0.15) is 34.3 Å². The van der Waals surface area contributed by atoms with E-state index in [2.05, 4.69) is 19.9 Å². The van der Waals surface area contributed by atoms with E-state index in [1.54, 1.807) is 20.8 Å². The van der Waals surface area contributed by atoms with Crippen LogP contribution in [0, 0.1) is 27.7 Å². The van der Waals surface area contributed by atoms with E-state index in [-0.39, 0.29) is 58.4 Å². The summed E-state index contributed by atoms with van der Waals surface area (Å²) in [7, 11) is 0. The highest BCUT2D eigenvalue weighted by molar-refractivity contribution is 6.07. The zero-order valence-electron chi connectivity index (χ0n) is 34.0. The molecule has 0 radical (unpaired) electrons. The first kappa shape index (κ1) is 50.1. The van der Waals surface area contributed by atoms with Gasteiger partial charge in [-0.3, -0.25) is 33.9 Å². The molecule has 6 rings (SSSR count). The normalized spacial score (nSPS) is 13.0. The number of alkyl halides is 6. The number of hydrogen-bond donors (Lipinski definition) is 2. The van der Waals surface area contributed by atoms with Crippen LogP contribution in [0.5, 0.6) is 11.5 Å². The number of anilines is 1. The van der Waals surface area contributed by atoms with Crippen molar-refractivity contribution in [2.24, 2.45) is 11.7 Å². The van der Waals surface area contributed by atoms with Crippen molar-refractivity contribution >= 4 is 46.0 Å². The van der Waals surface area contributed by atoms with Gasteiger partial charge in [-0.15, -0.1) is 5.06 Å². The van der Waals surface area contributed by atoms with E-state index in [1.807, 2.05) is 0 Å². The number of halogens is 8. The van der Waals surface area contributed by atoms with Crippen molar-refractivity contribution in [2.75, 3.05) is 18.5 Å². The molecule has 5 aromatic rings. The number of nitro benzene ring substituents is 1. The number of nitrogens with two attached hydrogens (primary N) is 1. The maximum absolute atomic E-state index is 14.2. The fraction of sp³-hybridized carbons (Fsp3) is 0.268. The molecule has 3 N–H and O–H groups in total. The molecule has 24 heteroatoms. The Morgan fingerprint density at radius 3 is 1.91 bits per heavy atom. The van der Waals surface area contributed by atoms with Crippen LogP contribution in [-0.4, -0.2) is 68.8 Å². The first-order valence-electron chi connectivity index (χ1n) is 18.7. The number of rotatable bonds is 11. The number of aromatic nitrogens is 2. The molecule has 1 aromatic heterocycles. The number of nitrogens with one attached hydrogen (secondary N) is 1. The SMILES string of the molecule is CC(C)C(=O)ON1C(=O)CCC1=O.C[C@H](N)c1nc2cccc(F)c2c(=O)n1-c1cccc(OCC(F)(F)F)c1.O=C(Nc1cccc(OCC(F)(F)F)c1)c1c(F)cccc1[N+](=O)[O-]. The van der Waals surface area contributed by atoms with Gasteiger partial charge in [-0.05, 0) is 49.4 Å². The van der Waals surface area contributed by atoms with Gasteiger partial charge in [-0.1, -0.05) is 38.1 Å². The topological polar surface area (TPSA) is 215 Å². The molecular weight excluding hydrogens is 888 g/mol. The van der Waals surface area contributed by atoms with Crippen LogP contribution in [0.3, 0.4) is 0 Å². The summed E-state index contributed by atoms with van der Waals surface area (Å²) in [4.78, 5) is 76.8. The molecule has 0 bridgehead atoms. The third kappa shape index (κ3) is 14.0. The van der Waals surface area contributed by atoms with Crippen molar-refractivity contribution in [3.05, 3.63) is 128 Å². The smallest absolute Gasteiger partial charge is 0.422 e. The van der Waals surface area contributed by atoms with Crippen molar-refractivity contribution in [3.63, 3.8) is 0 Å². The lowest BCUT2D eigenvalue weighted by atomic mass is 10.1. The summed E-state index contributed by atoms with van der Waals surface area (Å²) in [6.07, 6.45) is -8.78. The number of benzene rings is 4. The number of carbonyl (C=O) groups excluding carboxylic acids is 4. The van der Waals surface area contributed by atoms with E-state index in [0.29, 0.717) is 5.06 Å². The molecule has 1 fully saturated rings. The van der Waals surface area contributed by atoms with Gasteiger partial charge in [0.2, 0.25) is 0 Å². The summed E-state index contributed by atoms with van der Waals surface area (Å²) in [6, 6.07) is 16.6. The van der Waals surface area contributed by atoms with E-state index in [0.717, 1.165) is 34.9 Å². The number of ether oxygens (including phenoxy) is 2. The van der Waals surface area contributed by atoms with Crippen molar-refractivity contribution in [2.45, 2.75) is 52.0 Å². The quantitative estimate of drug-likeness (QED) is 0.0565. The maximum Gasteiger partial charge on any atom is 0.422 e. The molecule has 1 aliphatic heterocycles. The lowest BCUT2D eigenvalue weighted by molar-refractivity contribution is -0.385. The van der Waals surface area contributed by atoms with Crippen molar-refractivity contribution in [1.82, 2.24) is 14.6 Å². The molecule has 16 nitrogen and oxygen atoms in total. The molecule has 0 aliphatic carbocycles. The second-order valence-electron chi connectivity index (χ2n) is 13.9. The minimum atomic E-state index is -4.53. The zero-order chi connectivity index (χ0) is 48.4. The number of imide groups is 1. The lowest BCUT2D eigenvalue weighted by Crippen LogP contribution is -2.33. The van der Waals surface area contributed by atoms with Gasteiger partial charge in [0.15, 0.2) is 18.8 Å². The van der Waals surface area contributed by atoms with Crippen LogP contribution in [0.1, 0.15) is 55.8 Å². The van der Waals surface area contributed by atoms with Crippen molar-refractivity contribution < 1.29 is 73.5 Å². The molecule has 0 unspecified atom stereocenters. The summed E-state index contributed by atoms with van der Waals surface area (Å²) < 4.78 is 112. The molecule has 1 saturated heterocycles. The van der Waals surface area contributed by atoms with E-state index in [9.17, 15) is 69.2 Å². The third-order valence-corrected chi connectivity index (χ3v) is 8.33. The predicted octanol–water partition coefficient (Wildman–Crippen LogP) is 7.66. The van der Waals surface area contributed by atoms with Crippen LogP contribution in [0.15, 0.2) is 89.7 Å². The minimum absolute atomic E-state index is 0.0118. The Hall–Kier alpha value is -7.50. The highest BCUT2D eigenvalue weighted by Gasteiger charge is 2.33. The second kappa shape index (κ2) is 21.2. The third-order valence-electron chi connectivity index (χ3n) is 8.33. The molecular formula is C41H36F8N6O10. The number of fused-ring (bicyclic) bond motifs is 1. The fourth-order valence-electron chi connectivity index (χ4n) is 5.40. The van der Waals surface area contributed by atoms with Gasteiger partial charge in [0, 0.05) is 36.7 Å². The van der Waals surface area contributed by atoms with Gasteiger partial charge in [0.05, 0.1) is 28.1 Å². The number of carbonyl (C=O) groups is 4. The van der Waals surface area contributed by atoms with E-state index in [4.69, 9.17) is 10.5 Å². The van der Waals surface area contributed by atoms with E-state index >= 15 is 0 Å². The zero-order valence-corrected chi connectivity index (χ0v) is 34.0. The van der Waals surface area contributed by atoms with Crippen LogP contribution in [0.4, 0.5) is 46.5 Å². The van der Waals surface area contributed by atoms with Gasteiger partial charge in [-0.2, -0.15) is 26.3 Å². The molecule has 3 amide bonds. The first-order valence-corrected chi connectivity index (χ1v) is 18.7. The summed E-state index contributed by atoms with van der Waals surface area (Å²) in [5.41, 5.74) is 3.99. The Morgan fingerprint density at radius 1 is 0.815 bits per heavy atom. The first-order chi connectivity index (χ1) is 30.4. The Balaban J connectivity index is 0.000000226. The molecule has 1 atom stereocenters. The van der Waals surface area contributed by atoms with Gasteiger partial charge >= 0.3 is 18.3 Å². The van der Waals surface area contributed by atoms with Crippen LogP contribution in [-0.2, 0) is 19.2 Å². The monoisotopic (exact) mass is 924 g/mol. The average molecular weight is 925 g/mol. The predicted molar refractivity (Wildman–Crippen MR) is 212 cm³/mol. The number of amides is 3. The molecule has 0 saturated carbocycles. The minimum Gasteiger partial charge on any atom is -0.484 e. The summed E-state index contributed by atoms with van der Waals surface area (Å²) in [6.45, 7) is 1.85. The molecule has 1 aliphatic rings. The van der Waals surface area contributed by atoms with Gasteiger partial charge < -0.3 is 25.4 Å². The standard InChI is InChI=1S/C18H15F4N3O2.C15H10F4N2O4.C8H11NO4/c1-10(23)16-24-14-7-3-6-13(19)15(14)17(26)25(16)11-4-2-5-12(8-11)27-9-18(20,21)22;16-11-5-2-6-12(21(23)24)13(11)14(22)20-9-3-1-4-10(7-9)25-8-15(17,18)19;1-5(2)8(12)13-9-6(10)3-4-7(9)11/h2-8,10H,9,23H2,1H3;1-7H,8H2,(H,20,22);5H,3-4H2,1-2H3/t10-;;/m0../s1. The molecule has 2 heterocycles. The number of nitro groups is 1. The Morgan fingerprint density at radius 2 is 1.35 bits per heavy atom. The molecule has 0 spiro atoms. The Bertz CT molecular complexity index is 2620. The highest BCUT2D eigenvalue weighted by Crippen LogP contribution is 2.27. The molecule has 4 aromatic carbocycles. The average Bonchev–Trinajstić information content (AvgIpc) is 3.54. The Kier molecular flexibility index (Phi) is 16.4. The number of nitrogens with zero attached hydrogens (tertiary/aromatic N) is 4. The number of hydrogen-bond acceptors (Lipinski definition) is 12. The van der Waals surface area contributed by atoms with Crippen LogP contribution >= 0.6 is 0 Å². The number of hydroxylamine groups is 2. The van der Waals surface area contributed by atoms with Gasteiger partial charge in [-0.25, -0.2) is 18.6 Å². The largest absolute Gasteiger partial charge is 0.484 e. The Labute approximate surface area is 361 Å². The summed E-state index contributed by atoms with van der Waals surface area (Å²) in [5, 5.41) is 13.4. The van der Waals surface area contributed by atoms with E-state index in [1.165, 1.54) is 54.6 Å². The molecule has 65 heavy (non-hydrogen) atoms. The van der Waals surface area contributed by atoms with Gasteiger partial charge in [0.25, 0.3) is 29.0 Å². The summed E-state index contributed by atoms with van der Waals surface area (Å²) in [5.74, 6) is -4.90. The maximum atomic E-state index is 14.2. The van der Waals surface area contributed by atoms with Crippen LogP contribution < -0.4 is 26.1 Å². The van der Waals surface area contributed by atoms with Crippen LogP contribution in [0.2, 0.25) is 0 Å². The van der Waals surface area contributed by atoms with E-state index < -0.39 is 88.7 Å². The van der Waals surface area contributed by atoms with Crippen LogP contribution in [0.25, 0.3) is 16.6 Å². The highest BCUT2D eigenvalue weighted by atomic mass is 19.4. The van der Waals surface area contributed by atoms with Crippen molar-refractivity contribution in [3.8, 4) is 17.2 Å². The molecule has 346 valence electrons. The fourth-order valence-corrected chi connectivity index (χ4v) is 5.40.